The van der Waals surface area contributed by atoms with E-state index >= 15 is 0 Å². The van der Waals surface area contributed by atoms with Crippen LogP contribution in [0.5, 0.6) is 0 Å². The van der Waals surface area contributed by atoms with Crippen LogP contribution in [0.25, 0.3) is 0 Å². The van der Waals surface area contributed by atoms with Crippen LogP contribution >= 0.6 is 0 Å². The number of carboxylic acids is 2. The maximum absolute atomic E-state index is 10.5. The lowest BCUT2D eigenvalue weighted by molar-refractivity contribution is -0.159. The zero-order valence-electron chi connectivity index (χ0n) is 10.5. The Morgan fingerprint density at radius 1 is 1.17 bits per heavy atom. The molecule has 1 saturated heterocycles. The second kappa shape index (κ2) is 8.46. The second-order valence-electron chi connectivity index (χ2n) is 4.35. The molecule has 0 aliphatic carbocycles. The smallest absolute Gasteiger partial charge is 0.414 e. The molecule has 0 bridgehead atoms. The average Bonchev–Trinajstić information content (AvgIpc) is 2.29. The summed E-state index contributed by atoms with van der Waals surface area (Å²) in [6, 6.07) is 0. The highest BCUT2D eigenvalue weighted by atomic mass is 16.4. The molecule has 1 heterocycles. The number of nitrogens with zero attached hydrogens (tertiary/aromatic N) is 1. The molecule has 0 unspecified atom stereocenters. The Labute approximate surface area is 106 Å². The lowest BCUT2D eigenvalue weighted by Gasteiger charge is -2.29. The lowest BCUT2D eigenvalue weighted by atomic mass is 9.99. The fourth-order valence-corrected chi connectivity index (χ4v) is 1.55. The normalized spacial score (nSPS) is 16.5. The summed E-state index contributed by atoms with van der Waals surface area (Å²) in [4.78, 5) is 31.0. The van der Waals surface area contributed by atoms with Gasteiger partial charge in [-0.05, 0) is 31.8 Å². The molecule has 0 aromatic heterocycles. The standard InChI is InChI=1S/C9H18N2O.C2H2O4/c1-8-2-5-11(6-3-8)7-4-9(10)12;3-1(4)2(5)6/h8H,2-7H2,1H3,(H2,10,12);(H,3,4)(H,5,6). The summed E-state index contributed by atoms with van der Waals surface area (Å²) < 4.78 is 0. The number of carbonyl (C=O) groups is 3. The van der Waals surface area contributed by atoms with Crippen molar-refractivity contribution in [3.63, 3.8) is 0 Å². The molecule has 0 saturated carbocycles. The molecule has 0 spiro atoms. The highest BCUT2D eigenvalue weighted by Gasteiger charge is 2.15. The number of hydrogen-bond acceptors (Lipinski definition) is 4. The van der Waals surface area contributed by atoms with Crippen LogP contribution in [-0.2, 0) is 14.4 Å². The van der Waals surface area contributed by atoms with Crippen LogP contribution in [0, 0.1) is 5.92 Å². The fraction of sp³-hybridized carbons (Fsp3) is 0.727. The first-order chi connectivity index (χ1) is 8.32. The number of primary amides is 1. The third kappa shape index (κ3) is 8.51. The minimum atomic E-state index is -1.82. The summed E-state index contributed by atoms with van der Waals surface area (Å²) in [6.45, 7) is 5.40. The number of rotatable bonds is 3. The van der Waals surface area contributed by atoms with Crippen LogP contribution in [0.3, 0.4) is 0 Å². The second-order valence-corrected chi connectivity index (χ2v) is 4.35. The van der Waals surface area contributed by atoms with Gasteiger partial charge in [0.1, 0.15) is 0 Å². The molecular formula is C11H20N2O5. The molecule has 4 N–H and O–H groups in total. The van der Waals surface area contributed by atoms with Crippen LogP contribution in [-0.4, -0.2) is 52.6 Å². The Morgan fingerprint density at radius 2 is 1.61 bits per heavy atom. The van der Waals surface area contributed by atoms with E-state index in [1.54, 1.807) is 0 Å². The maximum atomic E-state index is 10.5. The molecule has 1 aliphatic heterocycles. The number of piperidine rings is 1. The lowest BCUT2D eigenvalue weighted by Crippen LogP contribution is -2.35. The highest BCUT2D eigenvalue weighted by molar-refractivity contribution is 6.27. The minimum absolute atomic E-state index is 0.186. The molecule has 1 amide bonds. The molecule has 1 aliphatic rings. The first-order valence-electron chi connectivity index (χ1n) is 5.79. The Bertz CT molecular complexity index is 286. The number of carboxylic acid groups (broad SMARTS) is 2. The van der Waals surface area contributed by atoms with E-state index in [0.29, 0.717) is 6.42 Å². The van der Waals surface area contributed by atoms with E-state index in [4.69, 9.17) is 25.5 Å². The van der Waals surface area contributed by atoms with E-state index < -0.39 is 11.9 Å². The van der Waals surface area contributed by atoms with Gasteiger partial charge >= 0.3 is 11.9 Å². The van der Waals surface area contributed by atoms with Gasteiger partial charge in [0, 0.05) is 13.0 Å². The van der Waals surface area contributed by atoms with Gasteiger partial charge in [0.25, 0.3) is 0 Å². The zero-order chi connectivity index (χ0) is 14.1. The van der Waals surface area contributed by atoms with E-state index in [-0.39, 0.29) is 5.91 Å². The zero-order valence-corrected chi connectivity index (χ0v) is 10.5. The topological polar surface area (TPSA) is 121 Å². The molecule has 18 heavy (non-hydrogen) atoms. The fourth-order valence-electron chi connectivity index (χ4n) is 1.55. The van der Waals surface area contributed by atoms with E-state index in [1.807, 2.05) is 0 Å². The van der Waals surface area contributed by atoms with Crippen LogP contribution in [0.2, 0.25) is 0 Å². The van der Waals surface area contributed by atoms with Gasteiger partial charge in [0.2, 0.25) is 5.91 Å². The van der Waals surface area contributed by atoms with E-state index in [9.17, 15) is 4.79 Å². The number of aliphatic carboxylic acids is 2. The Kier molecular flexibility index (Phi) is 7.69. The number of hydrogen-bond donors (Lipinski definition) is 3. The first kappa shape index (κ1) is 16.4. The van der Waals surface area contributed by atoms with E-state index in [0.717, 1.165) is 25.6 Å². The Morgan fingerprint density at radius 3 is 1.94 bits per heavy atom. The number of likely N-dealkylation sites (tertiary alicyclic amines) is 1. The van der Waals surface area contributed by atoms with E-state index in [1.165, 1.54) is 12.8 Å². The summed E-state index contributed by atoms with van der Waals surface area (Å²) in [5.41, 5.74) is 5.07. The Balaban J connectivity index is 0.000000411. The van der Waals surface area contributed by atoms with Crippen molar-refractivity contribution in [2.24, 2.45) is 11.7 Å². The number of nitrogens with two attached hydrogens (primary N) is 1. The summed E-state index contributed by atoms with van der Waals surface area (Å²) >= 11 is 0. The molecule has 0 aromatic rings. The maximum Gasteiger partial charge on any atom is 0.414 e. The number of amides is 1. The predicted molar refractivity (Wildman–Crippen MR) is 63.9 cm³/mol. The highest BCUT2D eigenvalue weighted by Crippen LogP contribution is 2.15. The minimum Gasteiger partial charge on any atom is -0.473 e. The SMILES string of the molecule is CC1CCN(CCC(N)=O)CC1.O=C(O)C(=O)O. The van der Waals surface area contributed by atoms with Gasteiger partial charge in [-0.3, -0.25) is 4.79 Å². The van der Waals surface area contributed by atoms with Crippen LogP contribution < -0.4 is 5.73 Å². The van der Waals surface area contributed by atoms with Gasteiger partial charge in [0.05, 0.1) is 0 Å². The quantitative estimate of drug-likeness (QED) is 0.602. The summed E-state index contributed by atoms with van der Waals surface area (Å²) in [6.07, 6.45) is 3.03. The average molecular weight is 260 g/mol. The van der Waals surface area contributed by atoms with Gasteiger partial charge in [-0.1, -0.05) is 6.92 Å². The molecule has 0 aromatic carbocycles. The summed E-state index contributed by atoms with van der Waals surface area (Å²) in [5, 5.41) is 14.8. The third-order valence-corrected chi connectivity index (χ3v) is 2.73. The van der Waals surface area contributed by atoms with Crippen molar-refractivity contribution in [3.8, 4) is 0 Å². The monoisotopic (exact) mass is 260 g/mol. The van der Waals surface area contributed by atoms with Gasteiger partial charge in [-0.2, -0.15) is 0 Å². The van der Waals surface area contributed by atoms with Crippen LogP contribution in [0.15, 0.2) is 0 Å². The van der Waals surface area contributed by atoms with Crippen molar-refractivity contribution in [3.05, 3.63) is 0 Å². The molecule has 7 nitrogen and oxygen atoms in total. The summed E-state index contributed by atoms with van der Waals surface area (Å²) in [5.74, 6) is -2.98. The van der Waals surface area contributed by atoms with Gasteiger partial charge in [0.15, 0.2) is 0 Å². The molecule has 104 valence electrons. The molecule has 7 heteroatoms. The molecule has 1 rings (SSSR count). The first-order valence-corrected chi connectivity index (χ1v) is 5.79. The molecule has 1 fully saturated rings. The van der Waals surface area contributed by atoms with Crippen LogP contribution in [0.4, 0.5) is 0 Å². The Hall–Kier alpha value is -1.63. The van der Waals surface area contributed by atoms with Gasteiger partial charge in [-0.15, -0.1) is 0 Å². The van der Waals surface area contributed by atoms with Crippen molar-refractivity contribution in [1.82, 2.24) is 4.90 Å². The van der Waals surface area contributed by atoms with Crippen molar-refractivity contribution >= 4 is 17.8 Å². The summed E-state index contributed by atoms with van der Waals surface area (Å²) in [7, 11) is 0. The van der Waals surface area contributed by atoms with Crippen molar-refractivity contribution in [2.45, 2.75) is 26.2 Å². The molecule has 0 radical (unpaired) electrons. The van der Waals surface area contributed by atoms with E-state index in [2.05, 4.69) is 11.8 Å². The third-order valence-electron chi connectivity index (χ3n) is 2.73. The van der Waals surface area contributed by atoms with Gasteiger partial charge < -0.3 is 20.8 Å². The number of carbonyl (C=O) groups excluding carboxylic acids is 1. The van der Waals surface area contributed by atoms with Crippen molar-refractivity contribution in [1.29, 1.82) is 0 Å². The molecule has 0 atom stereocenters. The van der Waals surface area contributed by atoms with Crippen LogP contribution in [0.1, 0.15) is 26.2 Å². The predicted octanol–water partition coefficient (Wildman–Crippen LogP) is -0.251. The van der Waals surface area contributed by atoms with Crippen molar-refractivity contribution < 1.29 is 24.6 Å². The van der Waals surface area contributed by atoms with Crippen molar-refractivity contribution in [2.75, 3.05) is 19.6 Å². The largest absolute Gasteiger partial charge is 0.473 e. The molecular weight excluding hydrogens is 240 g/mol. The van der Waals surface area contributed by atoms with Gasteiger partial charge in [-0.25, -0.2) is 9.59 Å².